The fourth-order valence-electron chi connectivity index (χ4n) is 1.81. The maximum absolute atomic E-state index is 11.8. The molecule has 1 aliphatic rings. The summed E-state index contributed by atoms with van der Waals surface area (Å²) in [6.45, 7) is 2.69. The maximum Gasteiger partial charge on any atom is 0.290 e. The first-order valence-electron chi connectivity index (χ1n) is 6.10. The average molecular weight is 254 g/mol. The fraction of sp³-hybridized carbons (Fsp3) is 0.727. The van der Waals surface area contributed by atoms with E-state index >= 15 is 0 Å². The van der Waals surface area contributed by atoms with Crippen molar-refractivity contribution in [1.82, 2.24) is 20.5 Å². The van der Waals surface area contributed by atoms with Crippen LogP contribution in [0.1, 0.15) is 42.6 Å². The maximum atomic E-state index is 11.8. The highest BCUT2D eigenvalue weighted by Gasteiger charge is 2.17. The van der Waals surface area contributed by atoms with Gasteiger partial charge in [0.1, 0.15) is 5.82 Å². The molecule has 0 radical (unpaired) electrons. The van der Waals surface area contributed by atoms with E-state index in [9.17, 15) is 4.79 Å². The van der Waals surface area contributed by atoms with Crippen molar-refractivity contribution in [2.24, 2.45) is 0 Å². The molecule has 0 aliphatic carbocycles. The second-order valence-corrected chi connectivity index (χ2v) is 5.57. The van der Waals surface area contributed by atoms with Crippen LogP contribution in [0.2, 0.25) is 0 Å². The van der Waals surface area contributed by atoms with E-state index in [1.54, 1.807) is 0 Å². The van der Waals surface area contributed by atoms with Crippen LogP contribution >= 0.6 is 11.8 Å². The lowest BCUT2D eigenvalue weighted by Crippen LogP contribution is -2.32. The van der Waals surface area contributed by atoms with E-state index in [0.29, 0.717) is 5.25 Å². The van der Waals surface area contributed by atoms with Gasteiger partial charge in [0.25, 0.3) is 5.91 Å². The van der Waals surface area contributed by atoms with Gasteiger partial charge in [-0.25, -0.2) is 4.98 Å². The van der Waals surface area contributed by atoms with Crippen molar-refractivity contribution in [3.05, 3.63) is 11.6 Å². The predicted molar refractivity (Wildman–Crippen MR) is 68.2 cm³/mol. The number of hydrogen-bond acceptors (Lipinski definition) is 4. The predicted octanol–water partition coefficient (Wildman–Crippen LogP) is 1.38. The van der Waals surface area contributed by atoms with Gasteiger partial charge >= 0.3 is 0 Å². The zero-order chi connectivity index (χ0) is 12.1. The fourth-order valence-corrected chi connectivity index (χ4v) is 3.05. The summed E-state index contributed by atoms with van der Waals surface area (Å²) in [5.74, 6) is 2.04. The minimum Gasteiger partial charge on any atom is -0.348 e. The number of nitrogens with zero attached hydrogens (tertiary/aromatic N) is 2. The standard InChI is InChI=1S/C11H18N4OS/c1-2-9-13-10(15-14-9)11(16)12-7-8-5-3-4-6-17-8/h8H,2-7H2,1H3,(H,12,16)(H,13,14,15). The van der Waals surface area contributed by atoms with Crippen molar-refractivity contribution < 1.29 is 4.79 Å². The molecule has 1 amide bonds. The number of H-pyrrole nitrogens is 1. The summed E-state index contributed by atoms with van der Waals surface area (Å²) in [4.78, 5) is 15.9. The first-order chi connectivity index (χ1) is 8.29. The Kier molecular flexibility index (Phi) is 4.42. The molecule has 0 spiro atoms. The van der Waals surface area contributed by atoms with Gasteiger partial charge < -0.3 is 5.32 Å². The molecule has 1 fully saturated rings. The second kappa shape index (κ2) is 6.05. The highest BCUT2D eigenvalue weighted by molar-refractivity contribution is 7.99. The monoisotopic (exact) mass is 254 g/mol. The smallest absolute Gasteiger partial charge is 0.290 e. The Morgan fingerprint density at radius 1 is 1.59 bits per heavy atom. The minimum atomic E-state index is -0.174. The number of aromatic nitrogens is 3. The summed E-state index contributed by atoms with van der Waals surface area (Å²) >= 11 is 1.95. The van der Waals surface area contributed by atoms with E-state index in [1.807, 2.05) is 18.7 Å². The van der Waals surface area contributed by atoms with Crippen LogP contribution in [0.5, 0.6) is 0 Å². The number of aryl methyl sites for hydroxylation is 1. The third-order valence-electron chi connectivity index (χ3n) is 2.83. The molecule has 1 aliphatic heterocycles. The largest absolute Gasteiger partial charge is 0.348 e. The Morgan fingerprint density at radius 2 is 2.47 bits per heavy atom. The van der Waals surface area contributed by atoms with Gasteiger partial charge in [-0.15, -0.1) is 5.10 Å². The van der Waals surface area contributed by atoms with Crippen LogP contribution in [0.15, 0.2) is 0 Å². The number of nitrogens with one attached hydrogen (secondary N) is 2. The molecule has 1 atom stereocenters. The molecule has 6 heteroatoms. The van der Waals surface area contributed by atoms with Gasteiger partial charge in [0, 0.05) is 18.2 Å². The quantitative estimate of drug-likeness (QED) is 0.851. The van der Waals surface area contributed by atoms with E-state index in [0.717, 1.165) is 18.8 Å². The van der Waals surface area contributed by atoms with Crippen molar-refractivity contribution in [3.63, 3.8) is 0 Å². The Labute approximate surface area is 105 Å². The summed E-state index contributed by atoms with van der Waals surface area (Å²) < 4.78 is 0. The normalized spacial score (nSPS) is 20.2. The van der Waals surface area contributed by atoms with E-state index in [4.69, 9.17) is 0 Å². The van der Waals surface area contributed by atoms with Crippen LogP contribution in [0, 0.1) is 0 Å². The molecule has 1 unspecified atom stereocenters. The van der Waals surface area contributed by atoms with Gasteiger partial charge in [-0.2, -0.15) is 11.8 Å². The van der Waals surface area contributed by atoms with Crippen molar-refractivity contribution in [3.8, 4) is 0 Å². The second-order valence-electron chi connectivity index (χ2n) is 4.16. The zero-order valence-electron chi connectivity index (χ0n) is 10.0. The van der Waals surface area contributed by atoms with Crippen LogP contribution < -0.4 is 5.32 Å². The van der Waals surface area contributed by atoms with Crippen molar-refractivity contribution >= 4 is 17.7 Å². The van der Waals surface area contributed by atoms with E-state index in [2.05, 4.69) is 20.5 Å². The zero-order valence-corrected chi connectivity index (χ0v) is 10.8. The third-order valence-corrected chi connectivity index (χ3v) is 4.23. The molecular weight excluding hydrogens is 236 g/mol. The molecule has 94 valence electrons. The SMILES string of the molecule is CCc1nc(C(=O)NCC2CCCCS2)n[nH]1. The van der Waals surface area contributed by atoms with Gasteiger partial charge in [-0.3, -0.25) is 9.89 Å². The number of carbonyl (C=O) groups is 1. The summed E-state index contributed by atoms with van der Waals surface area (Å²) in [7, 11) is 0. The number of amides is 1. The topological polar surface area (TPSA) is 70.7 Å². The lowest BCUT2D eigenvalue weighted by molar-refractivity contribution is 0.0943. The van der Waals surface area contributed by atoms with Gasteiger partial charge in [0.15, 0.2) is 0 Å². The first kappa shape index (κ1) is 12.4. The molecule has 0 bridgehead atoms. The summed E-state index contributed by atoms with van der Waals surface area (Å²) in [5.41, 5.74) is 0. The lowest BCUT2D eigenvalue weighted by Gasteiger charge is -2.20. The highest BCUT2D eigenvalue weighted by Crippen LogP contribution is 2.24. The van der Waals surface area contributed by atoms with Crippen molar-refractivity contribution in [2.45, 2.75) is 37.9 Å². The molecule has 0 aromatic carbocycles. The number of rotatable bonds is 4. The van der Waals surface area contributed by atoms with Gasteiger partial charge in [-0.1, -0.05) is 13.3 Å². The first-order valence-corrected chi connectivity index (χ1v) is 7.15. The number of thioether (sulfide) groups is 1. The molecule has 1 aromatic rings. The molecule has 1 saturated heterocycles. The van der Waals surface area contributed by atoms with Crippen LogP contribution in [-0.4, -0.2) is 38.6 Å². The number of carbonyl (C=O) groups excluding carboxylic acids is 1. The molecule has 17 heavy (non-hydrogen) atoms. The average Bonchev–Trinajstić information content (AvgIpc) is 2.86. The molecule has 0 saturated carbocycles. The lowest BCUT2D eigenvalue weighted by atomic mass is 10.2. The van der Waals surface area contributed by atoms with Crippen LogP contribution in [0.25, 0.3) is 0 Å². The molecule has 2 N–H and O–H groups in total. The van der Waals surface area contributed by atoms with Gasteiger partial charge in [-0.05, 0) is 18.6 Å². The molecule has 2 rings (SSSR count). The Hall–Kier alpha value is -1.04. The minimum absolute atomic E-state index is 0.174. The molecule has 5 nitrogen and oxygen atoms in total. The Bertz CT molecular complexity index is 373. The molecule has 1 aromatic heterocycles. The number of hydrogen-bond donors (Lipinski definition) is 2. The summed E-state index contributed by atoms with van der Waals surface area (Å²) in [6.07, 6.45) is 4.53. The van der Waals surface area contributed by atoms with Crippen LogP contribution in [-0.2, 0) is 6.42 Å². The van der Waals surface area contributed by atoms with Crippen molar-refractivity contribution in [1.29, 1.82) is 0 Å². The summed E-state index contributed by atoms with van der Waals surface area (Å²) in [5, 5.41) is 10.1. The van der Waals surface area contributed by atoms with E-state index in [-0.39, 0.29) is 11.7 Å². The van der Waals surface area contributed by atoms with Crippen molar-refractivity contribution in [2.75, 3.05) is 12.3 Å². The Balaban J connectivity index is 1.80. The third kappa shape index (κ3) is 3.46. The number of aromatic amines is 1. The van der Waals surface area contributed by atoms with E-state index < -0.39 is 0 Å². The van der Waals surface area contributed by atoms with Crippen LogP contribution in [0.3, 0.4) is 0 Å². The highest BCUT2D eigenvalue weighted by atomic mass is 32.2. The Morgan fingerprint density at radius 3 is 3.12 bits per heavy atom. The van der Waals surface area contributed by atoms with Gasteiger partial charge in [0.05, 0.1) is 0 Å². The van der Waals surface area contributed by atoms with Crippen LogP contribution in [0.4, 0.5) is 0 Å². The van der Waals surface area contributed by atoms with Gasteiger partial charge in [0.2, 0.25) is 5.82 Å². The molecular formula is C11H18N4OS. The summed E-state index contributed by atoms with van der Waals surface area (Å²) in [6, 6.07) is 0. The van der Waals surface area contributed by atoms with E-state index in [1.165, 1.54) is 25.0 Å². The molecule has 2 heterocycles.